The number of aliphatic imine (C=N–C) groups is 1. The summed E-state index contributed by atoms with van der Waals surface area (Å²) in [6, 6.07) is 17.6. The molecule has 0 spiro atoms. The fraction of sp³-hybridized carbons (Fsp3) is 0.478. The summed E-state index contributed by atoms with van der Waals surface area (Å²) in [5, 5.41) is 6.65. The summed E-state index contributed by atoms with van der Waals surface area (Å²) in [5.41, 5.74) is 5.60. The van der Waals surface area contributed by atoms with Crippen LogP contribution >= 0.6 is 11.6 Å². The van der Waals surface area contributed by atoms with Gasteiger partial charge in [0.1, 0.15) is 0 Å². The Bertz CT molecular complexity index is 2400. The molecule has 0 fully saturated rings. The van der Waals surface area contributed by atoms with E-state index >= 15 is 0 Å². The third-order valence-corrected chi connectivity index (χ3v) is 13.9. The Morgan fingerprint density at radius 2 is 1.48 bits per heavy atom. The lowest BCUT2D eigenvalue weighted by molar-refractivity contribution is -0.890. The number of halogens is 1. The number of hydrogen-bond donors (Lipinski definition) is 4. The van der Waals surface area contributed by atoms with Crippen molar-refractivity contribution in [3.05, 3.63) is 101 Å². The Hall–Kier alpha value is -4.09. The number of amides is 1. The van der Waals surface area contributed by atoms with Crippen molar-refractivity contribution in [3.8, 4) is 0 Å². The number of hydrogen-bond acceptors (Lipinski definition) is 9. The number of carbonyl (C=O) groups excluding carboxylic acids is 1. The summed E-state index contributed by atoms with van der Waals surface area (Å²) in [6.45, 7) is 13.6. The Kier molecular flexibility index (Phi) is 15.9. The highest BCUT2D eigenvalue weighted by molar-refractivity contribution is 7.86. The fourth-order valence-electron chi connectivity index (χ4n) is 8.19. The van der Waals surface area contributed by atoms with Gasteiger partial charge < -0.3 is 24.9 Å². The SMILES string of the molecule is CN(CCCl)c1ccc(CNCCC[N+](C)(C)CCCNC(=O)CCCCN2/C(=C/C=C/C3=Nc4ccc(S(=O)(=O)O)cc4C3(C)C)C(C)(C)c3cc(S(=O)(=O)O)ccc32)cc1. The van der Waals surface area contributed by atoms with E-state index in [-0.39, 0.29) is 15.7 Å². The number of benzene rings is 3. The summed E-state index contributed by atoms with van der Waals surface area (Å²) in [5.74, 6) is 0.614. The van der Waals surface area contributed by atoms with Crippen molar-refractivity contribution < 1.29 is 35.2 Å². The minimum Gasteiger partial charge on any atom is -0.373 e. The maximum absolute atomic E-state index is 12.9. The molecule has 0 aromatic heterocycles. The standard InChI is InChI=1S/C46H63ClN6O7S2/c1-45(2)38-31-36(61(55,56)57)20-22-40(38)50-42(45)13-10-14-43-46(3,4)39-32-37(62(58,59)60)21-23-41(39)52(43)27-9-8-15-44(54)49-26-12-30-53(6,7)29-11-25-48-33-34-16-18-35(19-17-34)51(5)28-24-47/h10,13-14,16-23,31-32,48H,8-9,11-12,15,24-30,33H2,1-7H3,(H2-,49,54,55,56,57,58,59,60)/p+1/b13-10+,43-14+. The van der Waals surface area contributed by atoms with Crippen LogP contribution in [0.15, 0.2) is 99.4 Å². The van der Waals surface area contributed by atoms with E-state index in [0.717, 1.165) is 72.7 Å². The molecule has 2 aliphatic heterocycles. The number of allylic oxidation sites excluding steroid dienone is 4. The van der Waals surface area contributed by atoms with E-state index in [1.165, 1.54) is 29.8 Å². The van der Waals surface area contributed by atoms with Crippen LogP contribution in [0.1, 0.15) is 76.5 Å². The predicted molar refractivity (Wildman–Crippen MR) is 250 cm³/mol. The topological polar surface area (TPSA) is 169 Å². The molecule has 0 bridgehead atoms. The molecule has 0 unspecified atom stereocenters. The van der Waals surface area contributed by atoms with Crippen molar-refractivity contribution in [2.45, 2.75) is 87.0 Å². The molecule has 338 valence electrons. The minimum absolute atomic E-state index is 0.0153. The number of anilines is 2. The van der Waals surface area contributed by atoms with Gasteiger partial charge in [-0.2, -0.15) is 16.8 Å². The van der Waals surface area contributed by atoms with E-state index in [1.807, 2.05) is 53.0 Å². The number of fused-ring (bicyclic) bond motifs is 2. The molecule has 0 saturated carbocycles. The van der Waals surface area contributed by atoms with Gasteiger partial charge in [-0.05, 0) is 90.2 Å². The van der Waals surface area contributed by atoms with Crippen LogP contribution in [0.25, 0.3) is 0 Å². The molecule has 62 heavy (non-hydrogen) atoms. The van der Waals surface area contributed by atoms with E-state index in [1.54, 1.807) is 12.1 Å². The Balaban J connectivity index is 1.11. The van der Waals surface area contributed by atoms with Gasteiger partial charge in [0.2, 0.25) is 5.91 Å². The highest BCUT2D eigenvalue weighted by Gasteiger charge is 2.41. The smallest absolute Gasteiger partial charge is 0.294 e. The zero-order valence-corrected chi connectivity index (χ0v) is 39.5. The van der Waals surface area contributed by atoms with Crippen molar-refractivity contribution in [2.24, 2.45) is 4.99 Å². The maximum Gasteiger partial charge on any atom is 0.294 e. The molecule has 0 saturated heterocycles. The lowest BCUT2D eigenvalue weighted by Gasteiger charge is -2.30. The van der Waals surface area contributed by atoms with Gasteiger partial charge in [0, 0.05) is 92.8 Å². The molecule has 5 rings (SSSR count). The maximum atomic E-state index is 12.9. The fourth-order valence-corrected chi connectivity index (χ4v) is 9.46. The molecule has 1 amide bonds. The van der Waals surface area contributed by atoms with Gasteiger partial charge in [-0.25, -0.2) is 0 Å². The molecule has 3 aromatic rings. The summed E-state index contributed by atoms with van der Waals surface area (Å²) in [7, 11) is -2.31. The second kappa shape index (κ2) is 20.2. The van der Waals surface area contributed by atoms with Crippen LogP contribution in [0.5, 0.6) is 0 Å². The predicted octanol–water partition coefficient (Wildman–Crippen LogP) is 7.39. The first kappa shape index (κ1) is 48.9. The third kappa shape index (κ3) is 12.3. The molecule has 2 aliphatic rings. The Morgan fingerprint density at radius 1 is 0.855 bits per heavy atom. The van der Waals surface area contributed by atoms with Crippen molar-refractivity contribution in [2.75, 3.05) is 76.1 Å². The van der Waals surface area contributed by atoms with Crippen molar-refractivity contribution in [1.82, 2.24) is 10.6 Å². The van der Waals surface area contributed by atoms with Crippen LogP contribution in [0, 0.1) is 0 Å². The monoisotopic (exact) mass is 911 g/mol. The number of quaternary nitrogens is 1. The number of nitrogens with one attached hydrogen (secondary N) is 2. The van der Waals surface area contributed by atoms with Crippen molar-refractivity contribution in [3.63, 3.8) is 0 Å². The van der Waals surface area contributed by atoms with Crippen LogP contribution in [-0.4, -0.2) is 108 Å². The number of rotatable bonds is 22. The third-order valence-electron chi connectivity index (χ3n) is 12.0. The minimum atomic E-state index is -4.43. The molecule has 16 heteroatoms. The first-order valence-electron chi connectivity index (χ1n) is 21.2. The molecule has 0 radical (unpaired) electrons. The molecule has 3 aromatic carbocycles. The highest BCUT2D eigenvalue weighted by atomic mass is 35.5. The number of alkyl halides is 1. The van der Waals surface area contributed by atoms with Crippen LogP contribution in [-0.2, 0) is 42.4 Å². The van der Waals surface area contributed by atoms with Crippen molar-refractivity contribution in [1.29, 1.82) is 0 Å². The van der Waals surface area contributed by atoms with Crippen LogP contribution < -0.4 is 20.4 Å². The Morgan fingerprint density at radius 3 is 2.13 bits per heavy atom. The molecule has 0 atom stereocenters. The molecule has 13 nitrogen and oxygen atoms in total. The van der Waals surface area contributed by atoms with Gasteiger partial charge in [0.05, 0.1) is 48.4 Å². The van der Waals surface area contributed by atoms with E-state index in [4.69, 9.17) is 16.6 Å². The van der Waals surface area contributed by atoms with Gasteiger partial charge in [-0.1, -0.05) is 45.9 Å². The zero-order valence-electron chi connectivity index (χ0n) is 37.1. The highest BCUT2D eigenvalue weighted by Crippen LogP contribution is 2.49. The second-order valence-electron chi connectivity index (χ2n) is 18.0. The number of unbranched alkanes of at least 4 members (excludes halogenated alkanes) is 1. The molecule has 4 N–H and O–H groups in total. The van der Waals surface area contributed by atoms with Crippen LogP contribution in [0.3, 0.4) is 0 Å². The lowest BCUT2D eigenvalue weighted by atomic mass is 9.81. The number of nitrogens with zero attached hydrogens (tertiary/aromatic N) is 4. The van der Waals surface area contributed by atoms with Crippen LogP contribution in [0.2, 0.25) is 0 Å². The summed E-state index contributed by atoms with van der Waals surface area (Å²) >= 11 is 5.87. The van der Waals surface area contributed by atoms with Gasteiger partial charge in [-0.15, -0.1) is 11.6 Å². The second-order valence-corrected chi connectivity index (χ2v) is 21.2. The number of carbonyl (C=O) groups is 1. The average Bonchev–Trinajstić information content (AvgIpc) is 3.57. The average molecular weight is 913 g/mol. The van der Waals surface area contributed by atoms with Crippen molar-refractivity contribution >= 4 is 60.5 Å². The van der Waals surface area contributed by atoms with Gasteiger partial charge in [0.15, 0.2) is 0 Å². The lowest BCUT2D eigenvalue weighted by Crippen LogP contribution is -2.43. The first-order chi connectivity index (χ1) is 29.0. The van der Waals surface area contributed by atoms with Gasteiger partial charge in [-0.3, -0.25) is 18.9 Å². The molecule has 2 heterocycles. The molecular weight excluding hydrogens is 848 g/mol. The van der Waals surface area contributed by atoms with E-state index < -0.39 is 31.1 Å². The molecule has 0 aliphatic carbocycles. The Labute approximate surface area is 374 Å². The van der Waals surface area contributed by atoms with Gasteiger partial charge >= 0.3 is 0 Å². The first-order valence-corrected chi connectivity index (χ1v) is 24.6. The van der Waals surface area contributed by atoms with Crippen LogP contribution in [0.4, 0.5) is 17.1 Å². The van der Waals surface area contributed by atoms with E-state index in [9.17, 15) is 30.7 Å². The summed E-state index contributed by atoms with van der Waals surface area (Å²) < 4.78 is 68.3. The van der Waals surface area contributed by atoms with Gasteiger partial charge in [0.25, 0.3) is 20.2 Å². The van der Waals surface area contributed by atoms with E-state index in [0.29, 0.717) is 55.2 Å². The zero-order chi connectivity index (χ0) is 45.5. The normalized spacial score (nSPS) is 16.5. The molecular formula is C46H64ClN6O7S2+. The summed E-state index contributed by atoms with van der Waals surface area (Å²) in [6.07, 6.45) is 9.38. The quantitative estimate of drug-likeness (QED) is 0.0345. The summed E-state index contributed by atoms with van der Waals surface area (Å²) in [4.78, 5) is 21.5. The van der Waals surface area contributed by atoms with E-state index in [2.05, 4.69) is 58.8 Å². The largest absolute Gasteiger partial charge is 0.373 e.